The van der Waals surface area contributed by atoms with E-state index in [0.29, 0.717) is 45.4 Å². The molecule has 0 amide bonds. The number of aliphatic imine (C=N–C) groups is 2. The topological polar surface area (TPSA) is 131 Å². The lowest BCUT2D eigenvalue weighted by Crippen LogP contribution is -2.42. The van der Waals surface area contributed by atoms with Gasteiger partial charge in [-0.25, -0.2) is 9.98 Å². The van der Waals surface area contributed by atoms with Crippen molar-refractivity contribution in [3.63, 3.8) is 0 Å². The van der Waals surface area contributed by atoms with Gasteiger partial charge in [0.25, 0.3) is 5.89 Å². The molecule has 0 aliphatic carbocycles. The molecule has 5 rings (SSSR count). The number of allylic oxidation sites excluding steroid dienone is 1. The van der Waals surface area contributed by atoms with Crippen molar-refractivity contribution in [1.82, 2.24) is 20.8 Å². The number of ketones is 1. The molecular formula is C22H15ClN6O4. The van der Waals surface area contributed by atoms with Crippen molar-refractivity contribution >= 4 is 35.3 Å². The van der Waals surface area contributed by atoms with Crippen molar-refractivity contribution < 1.29 is 18.8 Å². The first-order chi connectivity index (χ1) is 16.1. The van der Waals surface area contributed by atoms with Gasteiger partial charge in [0.05, 0.1) is 17.3 Å². The number of halogens is 1. The zero-order chi connectivity index (χ0) is 22.8. The Balaban J connectivity index is 1.28. The fourth-order valence-corrected chi connectivity index (χ4v) is 3.45. The van der Waals surface area contributed by atoms with Crippen molar-refractivity contribution in [2.75, 3.05) is 6.67 Å². The third-order valence-electron chi connectivity index (χ3n) is 4.82. The summed E-state index contributed by atoms with van der Waals surface area (Å²) in [7, 11) is 0. The molecule has 33 heavy (non-hydrogen) atoms. The fraction of sp³-hybridized carbons (Fsp3) is 0.0909. The highest BCUT2D eigenvalue weighted by Crippen LogP contribution is 2.26. The van der Waals surface area contributed by atoms with Crippen LogP contribution in [-0.2, 0) is 16.2 Å². The molecule has 2 aromatic carbocycles. The maximum absolute atomic E-state index is 11.8. The van der Waals surface area contributed by atoms with Gasteiger partial charge in [-0.05, 0) is 36.4 Å². The average molecular weight is 463 g/mol. The number of ether oxygens (including phenoxy) is 1. The lowest BCUT2D eigenvalue weighted by Gasteiger charge is -2.17. The molecule has 0 bridgehead atoms. The SMILES string of the molecule is O=CC(=O)C1=C2N=C(c3ccc(OCc4noc(-c5ccccc5Cl)n4)cc3)N=C2NCN1. The van der Waals surface area contributed by atoms with Crippen molar-refractivity contribution in [2.45, 2.75) is 6.61 Å². The van der Waals surface area contributed by atoms with Crippen molar-refractivity contribution in [3.8, 4) is 17.2 Å². The molecule has 2 N–H and O–H groups in total. The van der Waals surface area contributed by atoms with E-state index in [-0.39, 0.29) is 25.3 Å². The maximum atomic E-state index is 11.8. The number of hydrogen-bond acceptors (Lipinski definition) is 10. The van der Waals surface area contributed by atoms with Crippen LogP contribution in [0, 0.1) is 0 Å². The molecule has 2 aliphatic rings. The molecule has 0 atom stereocenters. The summed E-state index contributed by atoms with van der Waals surface area (Å²) in [4.78, 5) is 35.8. The van der Waals surface area contributed by atoms with Gasteiger partial charge >= 0.3 is 0 Å². The number of benzene rings is 2. The Kier molecular flexibility index (Phi) is 5.41. The van der Waals surface area contributed by atoms with E-state index in [1.165, 1.54) is 0 Å². The van der Waals surface area contributed by atoms with E-state index in [9.17, 15) is 9.59 Å². The predicted octanol–water partition coefficient (Wildman–Crippen LogP) is 2.26. The van der Waals surface area contributed by atoms with Crippen LogP contribution in [0.1, 0.15) is 11.4 Å². The standard InChI is InChI=1S/C22H15ClN6O4/c23-15-4-2-1-3-14(15)22-26-17(29-33-22)10-32-13-7-5-12(6-8-13)20-27-19-18(16(31)9-30)24-11-25-21(19)28-20/h1-9,24H,10-11H2,(H,25,27,28). The molecule has 3 aromatic rings. The number of fused-ring (bicyclic) bond motifs is 1. The predicted molar refractivity (Wildman–Crippen MR) is 119 cm³/mol. The molecule has 0 fully saturated rings. The van der Waals surface area contributed by atoms with E-state index in [0.717, 1.165) is 5.56 Å². The first-order valence-electron chi connectivity index (χ1n) is 9.82. The number of rotatable bonds is 7. The van der Waals surface area contributed by atoms with Crippen LogP contribution in [0.4, 0.5) is 0 Å². The van der Waals surface area contributed by atoms with Gasteiger partial charge in [-0.15, -0.1) is 0 Å². The summed E-state index contributed by atoms with van der Waals surface area (Å²) in [6, 6.07) is 14.3. The van der Waals surface area contributed by atoms with Gasteiger partial charge in [0.1, 0.15) is 17.1 Å². The van der Waals surface area contributed by atoms with Crippen LogP contribution >= 0.6 is 11.6 Å². The zero-order valence-electron chi connectivity index (χ0n) is 16.9. The summed E-state index contributed by atoms with van der Waals surface area (Å²) in [6.45, 7) is 0.386. The largest absolute Gasteiger partial charge is 0.485 e. The Morgan fingerprint density at radius 2 is 1.94 bits per heavy atom. The summed E-state index contributed by atoms with van der Waals surface area (Å²) in [5.74, 6) is 1.47. The lowest BCUT2D eigenvalue weighted by molar-refractivity contribution is -0.127. The summed E-state index contributed by atoms with van der Waals surface area (Å²) >= 11 is 6.16. The Bertz CT molecular complexity index is 1340. The van der Waals surface area contributed by atoms with E-state index in [4.69, 9.17) is 20.9 Å². The van der Waals surface area contributed by atoms with Gasteiger partial charge in [-0.2, -0.15) is 4.98 Å². The molecule has 0 saturated heterocycles. The molecule has 2 aliphatic heterocycles. The van der Waals surface area contributed by atoms with Crippen LogP contribution in [0.25, 0.3) is 11.5 Å². The Morgan fingerprint density at radius 1 is 1.12 bits per heavy atom. The first-order valence-corrected chi connectivity index (χ1v) is 10.2. The van der Waals surface area contributed by atoms with E-state index >= 15 is 0 Å². The molecule has 0 unspecified atom stereocenters. The normalized spacial score (nSPS) is 14.6. The van der Waals surface area contributed by atoms with E-state index in [1.807, 2.05) is 12.1 Å². The number of carbonyl (C=O) groups is 2. The second kappa shape index (κ2) is 8.67. The summed E-state index contributed by atoms with van der Waals surface area (Å²) < 4.78 is 11.0. The Labute approximate surface area is 192 Å². The van der Waals surface area contributed by atoms with E-state index < -0.39 is 5.78 Å². The van der Waals surface area contributed by atoms with Crippen LogP contribution in [0.5, 0.6) is 5.75 Å². The fourth-order valence-electron chi connectivity index (χ4n) is 3.24. The van der Waals surface area contributed by atoms with Crippen LogP contribution in [-0.4, -0.2) is 40.5 Å². The third-order valence-corrected chi connectivity index (χ3v) is 5.15. The Morgan fingerprint density at radius 3 is 2.73 bits per heavy atom. The first kappa shape index (κ1) is 20.6. The van der Waals surface area contributed by atoms with E-state index in [1.54, 1.807) is 36.4 Å². The maximum Gasteiger partial charge on any atom is 0.259 e. The van der Waals surface area contributed by atoms with Crippen LogP contribution < -0.4 is 15.4 Å². The number of aromatic nitrogens is 2. The zero-order valence-corrected chi connectivity index (χ0v) is 17.7. The molecule has 10 nitrogen and oxygen atoms in total. The molecule has 164 valence electrons. The monoisotopic (exact) mass is 462 g/mol. The smallest absolute Gasteiger partial charge is 0.259 e. The lowest BCUT2D eigenvalue weighted by atomic mass is 10.2. The second-order valence-electron chi connectivity index (χ2n) is 6.94. The summed E-state index contributed by atoms with van der Waals surface area (Å²) in [5, 5.41) is 10.3. The van der Waals surface area contributed by atoms with Crippen LogP contribution in [0.3, 0.4) is 0 Å². The van der Waals surface area contributed by atoms with Gasteiger partial charge in [-0.1, -0.05) is 28.9 Å². The number of hydrogen-bond donors (Lipinski definition) is 2. The van der Waals surface area contributed by atoms with Crippen molar-refractivity contribution in [2.24, 2.45) is 9.98 Å². The van der Waals surface area contributed by atoms with E-state index in [2.05, 4.69) is 30.8 Å². The number of aldehydes is 1. The van der Waals surface area contributed by atoms with Gasteiger partial charge < -0.3 is 19.9 Å². The van der Waals surface area contributed by atoms with Gasteiger partial charge in [0, 0.05) is 5.56 Å². The highest BCUT2D eigenvalue weighted by molar-refractivity contribution is 6.35. The third kappa shape index (κ3) is 4.11. The summed E-state index contributed by atoms with van der Waals surface area (Å²) in [6.07, 6.45) is 0.249. The highest BCUT2D eigenvalue weighted by Gasteiger charge is 2.27. The second-order valence-corrected chi connectivity index (χ2v) is 7.35. The molecule has 0 radical (unpaired) electrons. The molecule has 1 aromatic heterocycles. The van der Waals surface area contributed by atoms with Gasteiger partial charge in [-0.3, -0.25) is 9.59 Å². The van der Waals surface area contributed by atoms with Gasteiger partial charge in [0.15, 0.2) is 24.6 Å². The van der Waals surface area contributed by atoms with Crippen molar-refractivity contribution in [3.05, 3.63) is 76.3 Å². The molecule has 11 heteroatoms. The number of amidine groups is 2. The molecule has 0 spiro atoms. The minimum Gasteiger partial charge on any atom is -0.485 e. The van der Waals surface area contributed by atoms with Crippen LogP contribution in [0.2, 0.25) is 5.02 Å². The molecular weight excluding hydrogens is 448 g/mol. The van der Waals surface area contributed by atoms with Crippen molar-refractivity contribution in [1.29, 1.82) is 0 Å². The molecule has 3 heterocycles. The number of carbonyl (C=O) groups excluding carboxylic acids is 2. The minimum atomic E-state index is -0.674. The highest BCUT2D eigenvalue weighted by atomic mass is 35.5. The number of Topliss-reactive ketones (excluding diaryl/α,β-unsaturated/α-hetero) is 1. The van der Waals surface area contributed by atoms with Crippen LogP contribution in [0.15, 0.2) is 74.4 Å². The summed E-state index contributed by atoms with van der Waals surface area (Å²) in [5.41, 5.74) is 1.82. The van der Waals surface area contributed by atoms with Gasteiger partial charge in [0.2, 0.25) is 11.6 Å². The average Bonchev–Trinajstić information content (AvgIpc) is 3.50. The Hall–Kier alpha value is -4.31. The number of nitrogens with zero attached hydrogens (tertiary/aromatic N) is 4. The molecule has 0 saturated carbocycles. The minimum absolute atomic E-state index is 0.107. The number of nitrogens with one attached hydrogen (secondary N) is 2. The quantitative estimate of drug-likeness (QED) is 0.404.